The maximum Gasteiger partial charge on any atom is 0.245 e. The van der Waals surface area contributed by atoms with Gasteiger partial charge in [-0.05, 0) is 79.9 Å². The average molecular weight is 953 g/mol. The van der Waals surface area contributed by atoms with Crippen LogP contribution in [-0.2, 0) is 9.47 Å². The minimum absolute atomic E-state index is 0.0596. The molecule has 6 N–H and O–H groups in total. The summed E-state index contributed by atoms with van der Waals surface area (Å²) >= 11 is 0. The second kappa shape index (κ2) is 21.3. The number of hydrogen-bond donors (Lipinski definition) is 6. The van der Waals surface area contributed by atoms with E-state index in [-0.39, 0.29) is 41.7 Å². The molecule has 8 heterocycles. The Morgan fingerprint density at radius 3 is 1.87 bits per heavy atom. The molecule has 0 spiro atoms. The van der Waals surface area contributed by atoms with Crippen molar-refractivity contribution in [2.45, 2.75) is 38.5 Å². The van der Waals surface area contributed by atoms with E-state index in [1.165, 1.54) is 6.21 Å². The zero-order chi connectivity index (χ0) is 47.8. The summed E-state index contributed by atoms with van der Waals surface area (Å²) in [5.41, 5.74) is 19.3. The number of hydrazone groups is 2. The number of aromatic nitrogens is 6. The topological polar surface area (TPSA) is 206 Å². The number of benzene rings is 2. The lowest BCUT2D eigenvalue weighted by atomic mass is 10.0. The van der Waals surface area contributed by atoms with Crippen LogP contribution in [0.3, 0.4) is 0 Å². The molecule has 2 aromatic carbocycles. The fourth-order valence-electron chi connectivity index (χ4n) is 8.73. The molecule has 70 heavy (non-hydrogen) atoms. The Labute approximate surface area is 403 Å². The number of rotatable bonds is 15. The summed E-state index contributed by atoms with van der Waals surface area (Å²) in [4.78, 5) is 29.7. The van der Waals surface area contributed by atoms with Crippen LogP contribution in [0, 0.1) is 17.6 Å². The smallest absolute Gasteiger partial charge is 0.245 e. The number of nitrogens with one attached hydrogen (secondary N) is 6. The van der Waals surface area contributed by atoms with Crippen molar-refractivity contribution in [1.82, 2.24) is 40.8 Å². The third-order valence-corrected chi connectivity index (χ3v) is 12.1. The fraction of sp³-hybridized carbons (Fsp3) is 0.333. The molecular formula is C48H54F2N18O2. The van der Waals surface area contributed by atoms with Gasteiger partial charge in [0.05, 0.1) is 103 Å². The van der Waals surface area contributed by atoms with E-state index in [0.29, 0.717) is 63.3 Å². The molecule has 362 valence electrons. The summed E-state index contributed by atoms with van der Waals surface area (Å²) in [6.07, 6.45) is 9.39. The summed E-state index contributed by atoms with van der Waals surface area (Å²) in [5, 5.41) is 19.7. The minimum atomic E-state index is -0.533. The lowest BCUT2D eigenvalue weighted by Gasteiger charge is -2.39. The van der Waals surface area contributed by atoms with Gasteiger partial charge in [0.2, 0.25) is 11.9 Å². The van der Waals surface area contributed by atoms with E-state index < -0.39 is 11.6 Å². The highest BCUT2D eigenvalue weighted by atomic mass is 19.1. The van der Waals surface area contributed by atoms with Crippen LogP contribution in [0.5, 0.6) is 0 Å². The Bertz CT molecular complexity index is 2780. The maximum absolute atomic E-state index is 15.4. The Morgan fingerprint density at radius 2 is 1.27 bits per heavy atom. The molecule has 4 aromatic heterocycles. The van der Waals surface area contributed by atoms with Gasteiger partial charge in [0.1, 0.15) is 0 Å². The van der Waals surface area contributed by atoms with Crippen LogP contribution in [0.25, 0.3) is 0 Å². The van der Waals surface area contributed by atoms with Crippen molar-refractivity contribution < 1.29 is 18.3 Å². The number of anilines is 10. The first kappa shape index (κ1) is 46.1. The zero-order valence-electron chi connectivity index (χ0n) is 38.7. The summed E-state index contributed by atoms with van der Waals surface area (Å²) in [7, 11) is 0. The molecule has 22 heteroatoms. The molecule has 6 aromatic rings. The van der Waals surface area contributed by atoms with Gasteiger partial charge < -0.3 is 39.9 Å². The van der Waals surface area contributed by atoms with Crippen LogP contribution < -0.4 is 52.2 Å². The highest BCUT2D eigenvalue weighted by molar-refractivity contribution is 5.79. The van der Waals surface area contributed by atoms with Gasteiger partial charge in [0.25, 0.3) is 0 Å². The van der Waals surface area contributed by atoms with Crippen molar-refractivity contribution >= 4 is 70.1 Å². The molecule has 0 radical (unpaired) electrons. The van der Waals surface area contributed by atoms with Gasteiger partial charge >= 0.3 is 0 Å². The number of nitrogens with zero attached hydrogens (tertiary/aromatic N) is 12. The molecule has 0 amide bonds. The molecule has 4 saturated heterocycles. The Hall–Kier alpha value is -7.66. The van der Waals surface area contributed by atoms with Gasteiger partial charge in [0, 0.05) is 56.7 Å². The molecule has 10 rings (SSSR count). The fourth-order valence-corrected chi connectivity index (χ4v) is 8.73. The third-order valence-electron chi connectivity index (χ3n) is 12.1. The van der Waals surface area contributed by atoms with Crippen LogP contribution in [0.1, 0.15) is 31.7 Å². The van der Waals surface area contributed by atoms with Gasteiger partial charge in [-0.25, -0.2) is 40.5 Å². The Kier molecular flexibility index (Phi) is 14.0. The minimum Gasteiger partial charge on any atom is -0.378 e. The summed E-state index contributed by atoms with van der Waals surface area (Å²) in [5.74, 6) is 0.274. The van der Waals surface area contributed by atoms with Crippen molar-refractivity contribution in [3.8, 4) is 0 Å². The molecule has 4 fully saturated rings. The number of ether oxygens (including phenoxy) is 2. The molecule has 0 aliphatic carbocycles. The van der Waals surface area contributed by atoms with Gasteiger partial charge in [-0.15, -0.1) is 0 Å². The van der Waals surface area contributed by atoms with Gasteiger partial charge in [-0.1, -0.05) is 19.1 Å². The van der Waals surface area contributed by atoms with E-state index in [9.17, 15) is 4.39 Å². The summed E-state index contributed by atoms with van der Waals surface area (Å²) < 4.78 is 41.6. The predicted octanol–water partition coefficient (Wildman–Crippen LogP) is 5.89. The standard InChI is InChI=1S/C48H54F2N18O2/c1-31-22-57-67(29-31)39-7-3-5-33(20-39)58-37-11-9-35(51-23-37)26-56-63-48-54-28-42(50)46(61-48)66-15-18-70-44(30-66)43-19-32(2)64-68(43)40-8-4-6-34(21-40)59-38-12-10-36(52-24-38)25-55-62-47-53-27-41(49)45(60-47)65-13-16-69-17-14-65/h3-12,20-21,23-28,31-32,43-44,57-59,64H,13-19,22,29-30H2,1-2H3,(H,53,60,62)(H,54,61,63)/b55-25+,56-26+. The second-order valence-electron chi connectivity index (χ2n) is 17.5. The first-order chi connectivity index (χ1) is 34.3. The normalized spacial score (nSPS) is 20.7. The SMILES string of the molecule is CC1CNN(c2cccc(Nc3ccc(/C=N/Nc4ncc(F)c(N5CCOC(C6CC(C)NN6c6cccc(Nc7ccc(/C=N/Nc8ncc(F)c(N9CCOCC9)n8)nc7)c6)C5)n4)nc3)c2)C1. The van der Waals surface area contributed by atoms with Crippen molar-refractivity contribution in [3.63, 3.8) is 0 Å². The van der Waals surface area contributed by atoms with E-state index in [1.54, 1.807) is 18.6 Å². The van der Waals surface area contributed by atoms with Crippen LogP contribution >= 0.6 is 0 Å². The van der Waals surface area contributed by atoms with Crippen molar-refractivity contribution in [2.75, 3.05) is 100 Å². The predicted molar refractivity (Wildman–Crippen MR) is 267 cm³/mol. The van der Waals surface area contributed by atoms with Gasteiger partial charge in [-0.2, -0.15) is 20.2 Å². The van der Waals surface area contributed by atoms with E-state index in [2.05, 4.69) is 115 Å². The first-order valence-electron chi connectivity index (χ1n) is 23.3. The Balaban J connectivity index is 0.731. The lowest BCUT2D eigenvalue weighted by molar-refractivity contribution is 0.0236. The highest BCUT2D eigenvalue weighted by Crippen LogP contribution is 2.32. The number of halogens is 2. The molecule has 4 aliphatic rings. The quantitative estimate of drug-likeness (QED) is 0.0525. The number of hydrazine groups is 2. The molecule has 4 atom stereocenters. The largest absolute Gasteiger partial charge is 0.378 e. The van der Waals surface area contributed by atoms with Gasteiger partial charge in [0.15, 0.2) is 23.3 Å². The van der Waals surface area contributed by atoms with E-state index in [0.717, 1.165) is 66.0 Å². The zero-order valence-corrected chi connectivity index (χ0v) is 38.7. The average Bonchev–Trinajstić information content (AvgIpc) is 4.02. The second-order valence-corrected chi connectivity index (χ2v) is 17.5. The highest BCUT2D eigenvalue weighted by Gasteiger charge is 2.39. The molecule has 4 unspecified atom stereocenters. The molecule has 20 nitrogen and oxygen atoms in total. The number of hydrogen-bond acceptors (Lipinski definition) is 20. The summed E-state index contributed by atoms with van der Waals surface area (Å²) in [6, 6.07) is 23.9. The number of morpholine rings is 2. The molecule has 0 bridgehead atoms. The van der Waals surface area contributed by atoms with E-state index in [1.807, 2.05) is 64.4 Å². The third kappa shape index (κ3) is 11.3. The summed E-state index contributed by atoms with van der Waals surface area (Å²) in [6.45, 7) is 9.67. The Morgan fingerprint density at radius 1 is 0.671 bits per heavy atom. The van der Waals surface area contributed by atoms with Crippen LogP contribution in [0.15, 0.2) is 108 Å². The van der Waals surface area contributed by atoms with Crippen LogP contribution in [-0.4, -0.2) is 120 Å². The monoisotopic (exact) mass is 952 g/mol. The van der Waals surface area contributed by atoms with E-state index in [4.69, 9.17) is 9.47 Å². The van der Waals surface area contributed by atoms with Gasteiger partial charge in [-0.3, -0.25) is 9.97 Å². The maximum atomic E-state index is 15.4. The van der Waals surface area contributed by atoms with Crippen molar-refractivity contribution in [1.29, 1.82) is 0 Å². The first-order valence-corrected chi connectivity index (χ1v) is 23.3. The van der Waals surface area contributed by atoms with Crippen molar-refractivity contribution in [2.24, 2.45) is 16.1 Å². The lowest BCUT2D eigenvalue weighted by Crippen LogP contribution is -2.53. The molecule has 0 saturated carbocycles. The van der Waals surface area contributed by atoms with E-state index >= 15 is 4.39 Å². The van der Waals surface area contributed by atoms with Crippen molar-refractivity contribution in [3.05, 3.63) is 121 Å². The number of pyridine rings is 2. The van der Waals surface area contributed by atoms with Crippen LogP contribution in [0.2, 0.25) is 0 Å². The molecule has 4 aliphatic heterocycles. The molecular weight excluding hydrogens is 899 g/mol. The van der Waals surface area contributed by atoms with Crippen LogP contribution in [0.4, 0.5) is 66.4 Å².